The van der Waals surface area contributed by atoms with Gasteiger partial charge in [0, 0.05) is 29.7 Å². The van der Waals surface area contributed by atoms with E-state index in [2.05, 4.69) is 10.2 Å². The molecule has 1 atom stereocenters. The standard InChI is InChI=1S/C26H27BFN5O2/c1-16-13-20-21(27(34)35)7-3-8-22(20)33(16)26-30-24-19(10-12-32-11-4-9-23(24)32)25(31-26)29-15-17-5-2-6-18(28)14-17/h2-3,5-8,13-14,23,34-35H,4,9-12,15H2,1H3,(H,29,30,31). The molecule has 0 bridgehead atoms. The monoisotopic (exact) mass is 471 g/mol. The summed E-state index contributed by atoms with van der Waals surface area (Å²) in [5, 5.41) is 24.0. The lowest BCUT2D eigenvalue weighted by Gasteiger charge is -2.32. The smallest absolute Gasteiger partial charge is 0.423 e. The largest absolute Gasteiger partial charge is 0.489 e. The fourth-order valence-corrected chi connectivity index (χ4v) is 5.63. The third-order valence-corrected chi connectivity index (χ3v) is 7.25. The van der Waals surface area contributed by atoms with Crippen LogP contribution in [0.5, 0.6) is 0 Å². The lowest BCUT2D eigenvalue weighted by Crippen LogP contribution is -2.33. The minimum Gasteiger partial charge on any atom is -0.423 e. The molecule has 6 rings (SSSR count). The maximum atomic E-state index is 13.7. The third kappa shape index (κ3) is 3.89. The van der Waals surface area contributed by atoms with E-state index in [0.29, 0.717) is 18.0 Å². The van der Waals surface area contributed by atoms with Crippen LogP contribution in [0.3, 0.4) is 0 Å². The minimum absolute atomic E-state index is 0.257. The number of hydrogen-bond donors (Lipinski definition) is 3. The van der Waals surface area contributed by atoms with Gasteiger partial charge in [0.05, 0.1) is 17.3 Å². The average Bonchev–Trinajstić information content (AvgIpc) is 3.46. The summed E-state index contributed by atoms with van der Waals surface area (Å²) in [6.45, 7) is 4.50. The fourth-order valence-electron chi connectivity index (χ4n) is 5.63. The molecular weight excluding hydrogens is 444 g/mol. The molecule has 35 heavy (non-hydrogen) atoms. The summed E-state index contributed by atoms with van der Waals surface area (Å²) in [6.07, 6.45) is 3.08. The van der Waals surface area contributed by atoms with Gasteiger partial charge >= 0.3 is 7.12 Å². The van der Waals surface area contributed by atoms with Crippen LogP contribution < -0.4 is 10.8 Å². The van der Waals surface area contributed by atoms with Gasteiger partial charge in [0.1, 0.15) is 11.6 Å². The number of hydrogen-bond acceptors (Lipinski definition) is 6. The highest BCUT2D eigenvalue weighted by atomic mass is 19.1. The molecule has 7 nitrogen and oxygen atoms in total. The van der Waals surface area contributed by atoms with Crippen LogP contribution in [0.1, 0.15) is 41.4 Å². The van der Waals surface area contributed by atoms with E-state index in [0.717, 1.165) is 71.6 Å². The number of nitrogens with one attached hydrogen (secondary N) is 1. The van der Waals surface area contributed by atoms with E-state index in [1.807, 2.05) is 35.8 Å². The molecule has 4 heterocycles. The van der Waals surface area contributed by atoms with E-state index in [4.69, 9.17) is 9.97 Å². The van der Waals surface area contributed by atoms with Crippen molar-refractivity contribution in [3.05, 3.63) is 76.9 Å². The second kappa shape index (κ2) is 8.75. The van der Waals surface area contributed by atoms with Gasteiger partial charge < -0.3 is 15.4 Å². The second-order valence-corrected chi connectivity index (χ2v) is 9.44. The van der Waals surface area contributed by atoms with Gasteiger partial charge in [0.15, 0.2) is 0 Å². The first-order valence-electron chi connectivity index (χ1n) is 12.1. The van der Waals surface area contributed by atoms with Crippen molar-refractivity contribution in [2.75, 3.05) is 18.4 Å². The zero-order chi connectivity index (χ0) is 24.1. The minimum atomic E-state index is -1.56. The molecule has 4 aromatic rings. The van der Waals surface area contributed by atoms with Gasteiger partial charge in [-0.25, -0.2) is 9.37 Å². The van der Waals surface area contributed by atoms with Crippen LogP contribution in [-0.2, 0) is 13.0 Å². The van der Waals surface area contributed by atoms with Crippen molar-refractivity contribution < 1.29 is 14.4 Å². The summed E-state index contributed by atoms with van der Waals surface area (Å²) in [5.41, 5.74) is 5.22. The summed E-state index contributed by atoms with van der Waals surface area (Å²) in [6, 6.07) is 14.3. The maximum Gasteiger partial charge on any atom is 0.489 e. The molecule has 0 saturated carbocycles. The summed E-state index contributed by atoms with van der Waals surface area (Å²) in [5.74, 6) is 1.07. The lowest BCUT2D eigenvalue weighted by molar-refractivity contribution is 0.238. The quantitative estimate of drug-likeness (QED) is 0.388. The van der Waals surface area contributed by atoms with Crippen LogP contribution in [0.25, 0.3) is 16.9 Å². The van der Waals surface area contributed by atoms with Crippen molar-refractivity contribution >= 4 is 29.3 Å². The van der Waals surface area contributed by atoms with Gasteiger partial charge in [0.2, 0.25) is 5.95 Å². The van der Waals surface area contributed by atoms with Gasteiger partial charge in [-0.1, -0.05) is 24.3 Å². The number of anilines is 1. The van der Waals surface area contributed by atoms with Crippen LogP contribution in [0.4, 0.5) is 10.2 Å². The molecule has 9 heteroatoms. The normalized spacial score (nSPS) is 17.4. The van der Waals surface area contributed by atoms with Crippen molar-refractivity contribution in [2.45, 2.75) is 38.8 Å². The van der Waals surface area contributed by atoms with Crippen molar-refractivity contribution in [1.82, 2.24) is 19.4 Å². The van der Waals surface area contributed by atoms with E-state index in [-0.39, 0.29) is 11.9 Å². The van der Waals surface area contributed by atoms with E-state index in [1.165, 1.54) is 12.1 Å². The van der Waals surface area contributed by atoms with Crippen molar-refractivity contribution in [2.24, 2.45) is 0 Å². The van der Waals surface area contributed by atoms with E-state index in [1.54, 1.807) is 12.1 Å². The topological polar surface area (TPSA) is 86.4 Å². The number of halogens is 1. The highest BCUT2D eigenvalue weighted by Gasteiger charge is 2.35. The third-order valence-electron chi connectivity index (χ3n) is 7.25. The maximum absolute atomic E-state index is 13.7. The van der Waals surface area contributed by atoms with Gasteiger partial charge in [-0.2, -0.15) is 4.98 Å². The number of fused-ring (bicyclic) bond motifs is 4. The Kier molecular flexibility index (Phi) is 5.55. The number of nitrogens with zero attached hydrogens (tertiary/aromatic N) is 4. The van der Waals surface area contributed by atoms with Crippen molar-refractivity contribution in [1.29, 1.82) is 0 Å². The number of rotatable bonds is 5. The predicted molar refractivity (Wildman–Crippen MR) is 134 cm³/mol. The van der Waals surface area contributed by atoms with E-state index < -0.39 is 7.12 Å². The number of aryl methyl sites for hydroxylation is 1. The molecule has 2 aliphatic heterocycles. The second-order valence-electron chi connectivity index (χ2n) is 9.44. The van der Waals surface area contributed by atoms with Crippen molar-refractivity contribution in [3.63, 3.8) is 0 Å². The average molecular weight is 471 g/mol. The Morgan fingerprint density at radius 3 is 2.80 bits per heavy atom. The van der Waals surface area contributed by atoms with Crippen LogP contribution in [0.15, 0.2) is 48.5 Å². The Balaban J connectivity index is 1.49. The summed E-state index contributed by atoms with van der Waals surface area (Å²) in [7, 11) is -1.56. The zero-order valence-electron chi connectivity index (χ0n) is 19.6. The Morgan fingerprint density at radius 1 is 1.11 bits per heavy atom. The van der Waals surface area contributed by atoms with E-state index >= 15 is 0 Å². The highest BCUT2D eigenvalue weighted by molar-refractivity contribution is 6.61. The molecule has 0 aliphatic carbocycles. The molecule has 0 radical (unpaired) electrons. The summed E-state index contributed by atoms with van der Waals surface area (Å²) < 4.78 is 15.7. The Bertz CT molecular complexity index is 1420. The van der Waals surface area contributed by atoms with Gasteiger partial charge in [0.25, 0.3) is 0 Å². The first-order chi connectivity index (χ1) is 17.0. The Morgan fingerprint density at radius 2 is 1.97 bits per heavy atom. The zero-order valence-corrected chi connectivity index (χ0v) is 19.6. The highest BCUT2D eigenvalue weighted by Crippen LogP contribution is 2.39. The fraction of sp³-hybridized carbons (Fsp3) is 0.308. The molecule has 2 aliphatic rings. The lowest BCUT2D eigenvalue weighted by atomic mass is 9.78. The molecule has 0 spiro atoms. The molecular formula is C26H27BFN5O2. The molecule has 178 valence electrons. The van der Waals surface area contributed by atoms with Crippen LogP contribution in [-0.4, -0.2) is 49.7 Å². The number of benzene rings is 2. The molecule has 1 saturated heterocycles. The number of aromatic nitrogens is 3. The van der Waals surface area contributed by atoms with E-state index in [9.17, 15) is 14.4 Å². The summed E-state index contributed by atoms with van der Waals surface area (Å²) >= 11 is 0. The molecule has 0 amide bonds. The first-order valence-corrected chi connectivity index (χ1v) is 12.1. The molecule has 2 aromatic carbocycles. The Hall–Kier alpha value is -3.27. The first kappa shape index (κ1) is 22.2. The molecule has 3 N–H and O–H groups in total. The van der Waals surface area contributed by atoms with Gasteiger partial charge in [-0.3, -0.25) is 9.47 Å². The van der Waals surface area contributed by atoms with Crippen molar-refractivity contribution in [3.8, 4) is 5.95 Å². The van der Waals surface area contributed by atoms with Crippen LogP contribution >= 0.6 is 0 Å². The summed E-state index contributed by atoms with van der Waals surface area (Å²) in [4.78, 5) is 12.6. The van der Waals surface area contributed by atoms with Crippen LogP contribution in [0.2, 0.25) is 0 Å². The Labute approximate surface area is 203 Å². The van der Waals surface area contributed by atoms with Gasteiger partial charge in [-0.05, 0) is 68.0 Å². The molecule has 2 aromatic heterocycles. The van der Waals surface area contributed by atoms with Gasteiger partial charge in [-0.15, -0.1) is 0 Å². The molecule has 1 unspecified atom stereocenters. The SMILES string of the molecule is Cc1cc2c(B(O)O)cccc2n1-c1nc(NCc2cccc(F)c2)c2c(n1)C1CCCN1CC2. The predicted octanol–water partition coefficient (Wildman–Crippen LogP) is 2.85. The molecule has 1 fully saturated rings. The van der Waals surface area contributed by atoms with Crippen LogP contribution in [0, 0.1) is 12.7 Å².